The highest BCUT2D eigenvalue weighted by Gasteiger charge is 1.99. The van der Waals surface area contributed by atoms with E-state index in [4.69, 9.17) is 9.88 Å². The van der Waals surface area contributed by atoms with Crippen molar-refractivity contribution in [3.8, 4) is 0 Å². The van der Waals surface area contributed by atoms with Crippen LogP contribution in [0.3, 0.4) is 0 Å². The molecule has 0 heterocycles. The van der Waals surface area contributed by atoms with Gasteiger partial charge in [0.1, 0.15) is 0 Å². The second-order valence-electron chi connectivity index (χ2n) is 3.33. The molecule has 6 heteroatoms. The molecule has 5 nitrogen and oxygen atoms in total. The molecule has 0 aliphatic carbocycles. The van der Waals surface area contributed by atoms with Crippen molar-refractivity contribution in [2.24, 2.45) is 5.14 Å². The van der Waals surface area contributed by atoms with E-state index < -0.39 is 10.2 Å². The van der Waals surface area contributed by atoms with Gasteiger partial charge in [-0.25, -0.2) is 9.86 Å². The number of hydrogen-bond donors (Lipinski definition) is 2. The van der Waals surface area contributed by atoms with Gasteiger partial charge >= 0.3 is 0 Å². The first-order chi connectivity index (χ1) is 7.58. The Morgan fingerprint density at radius 3 is 2.56 bits per heavy atom. The molecule has 1 rings (SSSR count). The van der Waals surface area contributed by atoms with E-state index in [0.717, 1.165) is 5.56 Å². The summed E-state index contributed by atoms with van der Waals surface area (Å²) >= 11 is 0. The highest BCUT2D eigenvalue weighted by Crippen LogP contribution is 2.00. The number of ether oxygens (including phenoxy) is 1. The fourth-order valence-electron chi connectivity index (χ4n) is 1.15. The van der Waals surface area contributed by atoms with Gasteiger partial charge in [0.25, 0.3) is 10.2 Å². The fraction of sp³-hybridized carbons (Fsp3) is 0.400. The normalized spacial score (nSPS) is 11.6. The van der Waals surface area contributed by atoms with E-state index in [2.05, 4.69) is 4.72 Å². The third kappa shape index (κ3) is 6.52. The van der Waals surface area contributed by atoms with Crippen molar-refractivity contribution in [1.82, 2.24) is 4.72 Å². The second-order valence-corrected chi connectivity index (χ2v) is 4.71. The van der Waals surface area contributed by atoms with Crippen LogP contribution >= 0.6 is 0 Å². The molecular weight excluding hydrogens is 228 g/mol. The van der Waals surface area contributed by atoms with Crippen LogP contribution in [0, 0.1) is 0 Å². The molecule has 0 bridgehead atoms. The van der Waals surface area contributed by atoms with Gasteiger partial charge in [-0.3, -0.25) is 0 Å². The molecule has 0 fully saturated rings. The van der Waals surface area contributed by atoms with Gasteiger partial charge in [0.15, 0.2) is 0 Å². The molecule has 3 N–H and O–H groups in total. The van der Waals surface area contributed by atoms with Crippen molar-refractivity contribution in [3.05, 3.63) is 35.9 Å². The first kappa shape index (κ1) is 13.1. The first-order valence-corrected chi connectivity index (χ1v) is 6.51. The van der Waals surface area contributed by atoms with E-state index in [1.54, 1.807) is 0 Å². The highest BCUT2D eigenvalue weighted by molar-refractivity contribution is 7.87. The van der Waals surface area contributed by atoms with E-state index in [0.29, 0.717) is 26.2 Å². The third-order valence-electron chi connectivity index (χ3n) is 1.88. The molecule has 0 saturated heterocycles. The quantitative estimate of drug-likeness (QED) is 0.681. The van der Waals surface area contributed by atoms with Gasteiger partial charge in [-0.15, -0.1) is 0 Å². The maximum atomic E-state index is 10.5. The lowest BCUT2D eigenvalue weighted by molar-refractivity contribution is 0.119. The lowest BCUT2D eigenvalue weighted by Crippen LogP contribution is -2.31. The molecule has 0 spiro atoms. The zero-order valence-corrected chi connectivity index (χ0v) is 9.74. The Bertz CT molecular complexity index is 392. The molecule has 0 saturated carbocycles. The topological polar surface area (TPSA) is 81.4 Å². The summed E-state index contributed by atoms with van der Waals surface area (Å²) in [5.41, 5.74) is 1.10. The summed E-state index contributed by atoms with van der Waals surface area (Å²) in [6.07, 6.45) is 0.600. The van der Waals surface area contributed by atoms with Gasteiger partial charge < -0.3 is 4.74 Å². The monoisotopic (exact) mass is 244 g/mol. The summed E-state index contributed by atoms with van der Waals surface area (Å²) in [5.74, 6) is 0. The number of hydrogen-bond acceptors (Lipinski definition) is 3. The summed E-state index contributed by atoms with van der Waals surface area (Å²) in [7, 11) is -3.57. The van der Waals surface area contributed by atoms with E-state index >= 15 is 0 Å². The third-order valence-corrected chi connectivity index (χ3v) is 2.49. The second kappa shape index (κ2) is 6.59. The van der Waals surface area contributed by atoms with Crippen LogP contribution in [-0.2, 0) is 21.6 Å². The first-order valence-electron chi connectivity index (χ1n) is 4.97. The van der Waals surface area contributed by atoms with Crippen LogP contribution in [0.4, 0.5) is 0 Å². The molecule has 0 unspecified atom stereocenters. The molecule has 0 aliphatic heterocycles. The Morgan fingerprint density at radius 2 is 1.94 bits per heavy atom. The van der Waals surface area contributed by atoms with Gasteiger partial charge in [0.05, 0.1) is 6.61 Å². The molecule has 1 aromatic carbocycles. The average molecular weight is 244 g/mol. The van der Waals surface area contributed by atoms with E-state index in [-0.39, 0.29) is 0 Å². The Balaban J connectivity index is 2.05. The van der Waals surface area contributed by atoms with Crippen LogP contribution in [-0.4, -0.2) is 21.6 Å². The lowest BCUT2D eigenvalue weighted by atomic mass is 10.2. The van der Waals surface area contributed by atoms with Crippen molar-refractivity contribution in [2.45, 2.75) is 13.0 Å². The van der Waals surface area contributed by atoms with Gasteiger partial charge in [-0.1, -0.05) is 30.3 Å². The summed E-state index contributed by atoms with van der Waals surface area (Å²) < 4.78 is 28.6. The fourth-order valence-corrected chi connectivity index (χ4v) is 1.58. The predicted octanol–water partition coefficient (Wildman–Crippen LogP) is 0.386. The van der Waals surface area contributed by atoms with Gasteiger partial charge in [0, 0.05) is 13.2 Å². The van der Waals surface area contributed by atoms with Crippen molar-refractivity contribution in [3.63, 3.8) is 0 Å². The average Bonchev–Trinajstić information content (AvgIpc) is 2.23. The number of nitrogens with one attached hydrogen (secondary N) is 1. The number of benzene rings is 1. The zero-order valence-electron chi connectivity index (χ0n) is 8.93. The summed E-state index contributed by atoms with van der Waals surface area (Å²) in [4.78, 5) is 0. The predicted molar refractivity (Wildman–Crippen MR) is 61.8 cm³/mol. The van der Waals surface area contributed by atoms with Gasteiger partial charge in [-0.2, -0.15) is 8.42 Å². The maximum Gasteiger partial charge on any atom is 0.274 e. The van der Waals surface area contributed by atoms with Crippen molar-refractivity contribution in [2.75, 3.05) is 13.2 Å². The Hall–Kier alpha value is -0.950. The molecule has 16 heavy (non-hydrogen) atoms. The Morgan fingerprint density at radius 1 is 1.25 bits per heavy atom. The van der Waals surface area contributed by atoms with Crippen LogP contribution in [0.5, 0.6) is 0 Å². The van der Waals surface area contributed by atoms with Crippen LogP contribution in [0.2, 0.25) is 0 Å². The Kier molecular flexibility index (Phi) is 5.41. The Labute approximate surface area is 95.8 Å². The zero-order chi connectivity index (χ0) is 11.9. The molecule has 0 radical (unpaired) electrons. The van der Waals surface area contributed by atoms with Gasteiger partial charge in [0.2, 0.25) is 0 Å². The molecule has 0 aliphatic rings. The highest BCUT2D eigenvalue weighted by atomic mass is 32.2. The van der Waals surface area contributed by atoms with Crippen molar-refractivity contribution >= 4 is 10.2 Å². The molecule has 0 aromatic heterocycles. The smallest absolute Gasteiger partial charge is 0.274 e. The summed E-state index contributed by atoms with van der Waals surface area (Å²) in [6, 6.07) is 9.78. The summed E-state index contributed by atoms with van der Waals surface area (Å²) in [6.45, 7) is 1.33. The SMILES string of the molecule is NS(=O)(=O)NCCCOCc1ccccc1. The molecule has 0 atom stereocenters. The largest absolute Gasteiger partial charge is 0.377 e. The van der Waals surface area contributed by atoms with Crippen LogP contribution in [0.25, 0.3) is 0 Å². The molecule has 0 amide bonds. The van der Waals surface area contributed by atoms with Crippen molar-refractivity contribution < 1.29 is 13.2 Å². The van der Waals surface area contributed by atoms with Crippen LogP contribution in [0.15, 0.2) is 30.3 Å². The van der Waals surface area contributed by atoms with Gasteiger partial charge in [-0.05, 0) is 12.0 Å². The van der Waals surface area contributed by atoms with E-state index in [9.17, 15) is 8.42 Å². The van der Waals surface area contributed by atoms with E-state index in [1.807, 2.05) is 30.3 Å². The van der Waals surface area contributed by atoms with Crippen LogP contribution in [0.1, 0.15) is 12.0 Å². The summed E-state index contributed by atoms with van der Waals surface area (Å²) in [5, 5.41) is 4.76. The minimum Gasteiger partial charge on any atom is -0.377 e. The van der Waals surface area contributed by atoms with Crippen molar-refractivity contribution in [1.29, 1.82) is 0 Å². The minimum atomic E-state index is -3.57. The molecule has 90 valence electrons. The minimum absolute atomic E-state index is 0.299. The number of rotatable bonds is 7. The van der Waals surface area contributed by atoms with Crippen LogP contribution < -0.4 is 9.86 Å². The van der Waals surface area contributed by atoms with E-state index in [1.165, 1.54) is 0 Å². The number of nitrogens with two attached hydrogens (primary N) is 1. The molecular formula is C10H16N2O3S. The maximum absolute atomic E-state index is 10.5. The molecule has 1 aromatic rings. The lowest BCUT2D eigenvalue weighted by Gasteiger charge is -2.04. The standard InChI is InChI=1S/C10H16N2O3S/c11-16(13,14)12-7-4-8-15-9-10-5-2-1-3-6-10/h1-3,5-6,12H,4,7-9H2,(H2,11,13,14).